The first-order chi connectivity index (χ1) is 18.3. The topological polar surface area (TPSA) is 58.5 Å². The van der Waals surface area contributed by atoms with E-state index in [4.69, 9.17) is 4.74 Å². The average molecular weight is 497 g/mol. The molecular weight excluding hydrogens is 460 g/mol. The van der Waals surface area contributed by atoms with Crippen LogP contribution in [0.25, 0.3) is 10.9 Å². The maximum Gasteiger partial charge on any atom is 0.255 e. The molecule has 2 heterocycles. The lowest BCUT2D eigenvalue weighted by Gasteiger charge is -2.27. The van der Waals surface area contributed by atoms with Gasteiger partial charge in [-0.25, -0.2) is 0 Å². The second-order valence-corrected chi connectivity index (χ2v) is 9.63. The van der Waals surface area contributed by atoms with Crippen molar-refractivity contribution in [3.8, 4) is 11.5 Å². The first kappa shape index (κ1) is 25.1. The highest BCUT2D eigenvalue weighted by atomic mass is 16.5. The van der Waals surface area contributed by atoms with Crippen molar-refractivity contribution in [1.82, 2.24) is 14.8 Å². The molecule has 1 fully saturated rings. The fraction of sp³-hybridized carbons (Fsp3) is 0.323. The minimum absolute atomic E-state index is 0.0740. The highest BCUT2D eigenvalue weighted by molar-refractivity contribution is 5.81. The standard InChI is InChI=1S/C31H36N4O2/c36-31-26(24-32-16-17-33-27-10-4-1-5-11-27)22-25-14-15-29(37-28-12-6-2-7-13-28)23-30(25)35(31)21-20-34-18-8-3-9-19-34/h1-2,4-7,10-15,22-23,32-33H,3,8-9,16-21,24H2. The van der Waals surface area contributed by atoms with E-state index in [0.717, 1.165) is 66.4 Å². The molecule has 0 radical (unpaired) electrons. The zero-order valence-corrected chi connectivity index (χ0v) is 21.4. The van der Waals surface area contributed by atoms with E-state index >= 15 is 0 Å². The number of ether oxygens (including phenoxy) is 1. The van der Waals surface area contributed by atoms with Crippen LogP contribution in [0.4, 0.5) is 5.69 Å². The summed E-state index contributed by atoms with van der Waals surface area (Å²) in [5.41, 5.74) is 2.89. The Labute approximate surface area is 218 Å². The van der Waals surface area contributed by atoms with Crippen molar-refractivity contribution < 1.29 is 4.74 Å². The van der Waals surface area contributed by atoms with Crippen molar-refractivity contribution in [2.45, 2.75) is 32.4 Å². The molecule has 0 unspecified atom stereocenters. The van der Waals surface area contributed by atoms with E-state index in [-0.39, 0.29) is 5.56 Å². The molecule has 1 aromatic heterocycles. The molecule has 6 heteroatoms. The van der Waals surface area contributed by atoms with Crippen molar-refractivity contribution in [3.63, 3.8) is 0 Å². The summed E-state index contributed by atoms with van der Waals surface area (Å²) in [4.78, 5) is 16.1. The molecule has 0 atom stereocenters. The minimum atomic E-state index is 0.0740. The lowest BCUT2D eigenvalue weighted by Crippen LogP contribution is -2.36. The number of nitrogens with one attached hydrogen (secondary N) is 2. The fourth-order valence-electron chi connectivity index (χ4n) is 4.95. The Bertz CT molecular complexity index is 1330. The van der Waals surface area contributed by atoms with Crippen molar-refractivity contribution in [3.05, 3.63) is 101 Å². The predicted octanol–water partition coefficient (Wildman–Crippen LogP) is 5.48. The number of pyridine rings is 1. The van der Waals surface area contributed by atoms with Crippen LogP contribution in [0.5, 0.6) is 11.5 Å². The summed E-state index contributed by atoms with van der Waals surface area (Å²) in [5.74, 6) is 1.52. The summed E-state index contributed by atoms with van der Waals surface area (Å²) in [5, 5.41) is 7.90. The van der Waals surface area contributed by atoms with Gasteiger partial charge in [-0.2, -0.15) is 0 Å². The smallest absolute Gasteiger partial charge is 0.255 e. The highest BCUT2D eigenvalue weighted by Crippen LogP contribution is 2.25. The monoisotopic (exact) mass is 496 g/mol. The number of hydrogen-bond acceptors (Lipinski definition) is 5. The summed E-state index contributed by atoms with van der Waals surface area (Å²) < 4.78 is 8.03. The van der Waals surface area contributed by atoms with Crippen LogP contribution in [-0.4, -0.2) is 42.2 Å². The summed E-state index contributed by atoms with van der Waals surface area (Å²) in [6.45, 7) is 5.89. The summed E-state index contributed by atoms with van der Waals surface area (Å²) in [6, 6.07) is 28.0. The van der Waals surface area contributed by atoms with E-state index in [2.05, 4.69) is 33.7 Å². The molecule has 0 aliphatic carbocycles. The Kier molecular flexibility index (Phi) is 8.51. The third-order valence-electron chi connectivity index (χ3n) is 6.93. The van der Waals surface area contributed by atoms with E-state index in [1.54, 1.807) is 0 Å². The van der Waals surface area contributed by atoms with Crippen molar-refractivity contribution >= 4 is 16.6 Å². The van der Waals surface area contributed by atoms with Gasteiger partial charge in [0.1, 0.15) is 11.5 Å². The van der Waals surface area contributed by atoms with Crippen LogP contribution in [0.15, 0.2) is 89.7 Å². The van der Waals surface area contributed by atoms with Crippen LogP contribution in [-0.2, 0) is 13.1 Å². The van der Waals surface area contributed by atoms with Gasteiger partial charge >= 0.3 is 0 Å². The van der Waals surface area contributed by atoms with Gasteiger partial charge in [-0.1, -0.05) is 42.8 Å². The molecule has 0 spiro atoms. The molecule has 1 aliphatic rings. The van der Waals surface area contributed by atoms with Crippen LogP contribution in [0, 0.1) is 0 Å². The number of nitrogens with zero attached hydrogens (tertiary/aromatic N) is 2. The second-order valence-electron chi connectivity index (χ2n) is 9.63. The van der Waals surface area contributed by atoms with Crippen LogP contribution in [0.2, 0.25) is 0 Å². The van der Waals surface area contributed by atoms with Gasteiger partial charge in [0.25, 0.3) is 5.56 Å². The quantitative estimate of drug-likeness (QED) is 0.269. The summed E-state index contributed by atoms with van der Waals surface area (Å²) in [6.07, 6.45) is 3.79. The van der Waals surface area contributed by atoms with Gasteiger partial charge < -0.3 is 24.8 Å². The number of aromatic nitrogens is 1. The number of benzene rings is 3. The maximum absolute atomic E-state index is 13.7. The SMILES string of the molecule is O=c1c(CNCCNc2ccccc2)cc2ccc(Oc3ccccc3)cc2n1CCN1CCCCC1. The lowest BCUT2D eigenvalue weighted by atomic mass is 10.1. The largest absolute Gasteiger partial charge is 0.457 e. The first-order valence-electron chi connectivity index (χ1n) is 13.4. The van der Waals surface area contributed by atoms with Crippen molar-refractivity contribution in [2.75, 3.05) is 38.0 Å². The van der Waals surface area contributed by atoms with Gasteiger partial charge in [-0.15, -0.1) is 0 Å². The number of likely N-dealkylation sites (tertiary alicyclic amines) is 1. The van der Waals surface area contributed by atoms with Crippen LogP contribution < -0.4 is 20.9 Å². The zero-order chi connectivity index (χ0) is 25.3. The molecule has 192 valence electrons. The molecule has 1 aliphatic heterocycles. The van der Waals surface area contributed by atoms with Gasteiger partial charge in [0.2, 0.25) is 0 Å². The number of piperidine rings is 1. The molecule has 4 aromatic rings. The summed E-state index contributed by atoms with van der Waals surface area (Å²) in [7, 11) is 0. The van der Waals surface area contributed by atoms with E-state index < -0.39 is 0 Å². The maximum atomic E-state index is 13.7. The van der Waals surface area contributed by atoms with Gasteiger partial charge in [-0.3, -0.25) is 4.79 Å². The van der Waals surface area contributed by atoms with Crippen molar-refractivity contribution in [1.29, 1.82) is 0 Å². The summed E-state index contributed by atoms with van der Waals surface area (Å²) >= 11 is 0. The van der Waals surface area contributed by atoms with Crippen molar-refractivity contribution in [2.24, 2.45) is 0 Å². The van der Waals surface area contributed by atoms with Crippen LogP contribution >= 0.6 is 0 Å². The molecule has 37 heavy (non-hydrogen) atoms. The third kappa shape index (κ3) is 6.79. The second kappa shape index (κ2) is 12.6. The van der Waals surface area contributed by atoms with E-state index in [9.17, 15) is 4.79 Å². The van der Waals surface area contributed by atoms with Gasteiger partial charge in [0, 0.05) is 50.0 Å². The molecule has 6 nitrogen and oxygen atoms in total. The molecule has 3 aromatic carbocycles. The van der Waals surface area contributed by atoms with E-state index in [1.807, 2.05) is 71.3 Å². The van der Waals surface area contributed by atoms with E-state index in [0.29, 0.717) is 13.1 Å². The molecule has 1 saturated heterocycles. The highest BCUT2D eigenvalue weighted by Gasteiger charge is 2.14. The molecule has 0 saturated carbocycles. The number of rotatable bonds is 11. The van der Waals surface area contributed by atoms with E-state index in [1.165, 1.54) is 19.3 Å². The molecular formula is C31H36N4O2. The number of fused-ring (bicyclic) bond motifs is 1. The number of hydrogen-bond donors (Lipinski definition) is 2. The molecule has 0 bridgehead atoms. The zero-order valence-electron chi connectivity index (χ0n) is 21.4. The number of para-hydroxylation sites is 2. The Morgan fingerprint density at radius 2 is 1.51 bits per heavy atom. The Morgan fingerprint density at radius 1 is 0.757 bits per heavy atom. The molecule has 0 amide bonds. The normalized spacial score (nSPS) is 14.1. The predicted molar refractivity (Wildman–Crippen MR) is 152 cm³/mol. The van der Waals surface area contributed by atoms with Crippen LogP contribution in [0.1, 0.15) is 24.8 Å². The first-order valence-corrected chi connectivity index (χ1v) is 13.4. The Hall–Kier alpha value is -3.61. The lowest BCUT2D eigenvalue weighted by molar-refractivity contribution is 0.221. The third-order valence-corrected chi connectivity index (χ3v) is 6.93. The minimum Gasteiger partial charge on any atom is -0.457 e. The molecule has 5 rings (SSSR count). The van der Waals surface area contributed by atoms with Crippen LogP contribution in [0.3, 0.4) is 0 Å². The Morgan fingerprint density at radius 3 is 2.30 bits per heavy atom. The number of anilines is 1. The van der Waals surface area contributed by atoms with Gasteiger partial charge in [-0.05, 0) is 73.8 Å². The van der Waals surface area contributed by atoms with Gasteiger partial charge in [0.15, 0.2) is 0 Å². The van der Waals surface area contributed by atoms with Gasteiger partial charge in [0.05, 0.1) is 5.52 Å². The average Bonchev–Trinajstić information content (AvgIpc) is 2.94. The Balaban J connectivity index is 1.33. The molecule has 2 N–H and O–H groups in total. The fourth-order valence-corrected chi connectivity index (χ4v) is 4.95.